The monoisotopic (exact) mass is 407 g/mol. The van der Waals surface area contributed by atoms with Gasteiger partial charge in [0, 0.05) is 18.1 Å². The number of nitrogens with zero attached hydrogens (tertiary/aromatic N) is 1. The summed E-state index contributed by atoms with van der Waals surface area (Å²) in [5, 5.41) is 0. The second kappa shape index (κ2) is 8.25. The zero-order valence-corrected chi connectivity index (χ0v) is 15.9. The highest BCUT2D eigenvalue weighted by molar-refractivity contribution is 9.10. The van der Waals surface area contributed by atoms with E-state index in [1.807, 2.05) is 26.0 Å². The van der Waals surface area contributed by atoms with Crippen molar-refractivity contribution in [3.05, 3.63) is 68.9 Å². The van der Waals surface area contributed by atoms with Crippen LogP contribution in [0.25, 0.3) is 0 Å². The van der Waals surface area contributed by atoms with Crippen LogP contribution in [0.4, 0.5) is 4.39 Å². The standard InChI is InChI=1S/C19H19BrFNO3/c1-12-4-5-14(13(2)8-12)10-22(3)18(23)11-25-19(24)16-7-6-15(21)9-17(16)20/h4-9H,10-11H2,1-3H3. The lowest BCUT2D eigenvalue weighted by Crippen LogP contribution is -2.31. The fourth-order valence-electron chi connectivity index (χ4n) is 2.34. The molecule has 132 valence electrons. The summed E-state index contributed by atoms with van der Waals surface area (Å²) in [4.78, 5) is 25.7. The minimum Gasteiger partial charge on any atom is -0.452 e. The van der Waals surface area contributed by atoms with Crippen LogP contribution in [-0.2, 0) is 16.1 Å². The van der Waals surface area contributed by atoms with Crippen molar-refractivity contribution in [2.24, 2.45) is 0 Å². The molecule has 0 spiro atoms. The molecular weight excluding hydrogens is 389 g/mol. The van der Waals surface area contributed by atoms with Crippen LogP contribution in [0.15, 0.2) is 40.9 Å². The zero-order chi connectivity index (χ0) is 18.6. The van der Waals surface area contributed by atoms with Crippen molar-refractivity contribution >= 4 is 27.8 Å². The minimum absolute atomic E-state index is 0.172. The van der Waals surface area contributed by atoms with Crippen molar-refractivity contribution in [2.75, 3.05) is 13.7 Å². The maximum Gasteiger partial charge on any atom is 0.339 e. The highest BCUT2D eigenvalue weighted by Gasteiger charge is 2.16. The number of hydrogen-bond donors (Lipinski definition) is 0. The van der Waals surface area contributed by atoms with Gasteiger partial charge in [0.25, 0.3) is 5.91 Å². The van der Waals surface area contributed by atoms with Crippen molar-refractivity contribution < 1.29 is 18.7 Å². The zero-order valence-electron chi connectivity index (χ0n) is 14.3. The number of esters is 1. The second-order valence-electron chi connectivity index (χ2n) is 5.88. The van der Waals surface area contributed by atoms with Crippen molar-refractivity contribution in [3.63, 3.8) is 0 Å². The first-order chi connectivity index (χ1) is 11.8. The number of halogens is 2. The molecule has 0 bridgehead atoms. The van der Waals surface area contributed by atoms with E-state index in [1.54, 1.807) is 7.05 Å². The van der Waals surface area contributed by atoms with Gasteiger partial charge in [0.15, 0.2) is 6.61 Å². The van der Waals surface area contributed by atoms with Gasteiger partial charge in [-0.2, -0.15) is 0 Å². The van der Waals surface area contributed by atoms with Crippen LogP contribution in [0, 0.1) is 19.7 Å². The lowest BCUT2D eigenvalue weighted by Gasteiger charge is -2.19. The van der Waals surface area contributed by atoms with E-state index in [2.05, 4.69) is 22.0 Å². The lowest BCUT2D eigenvalue weighted by molar-refractivity contribution is -0.133. The van der Waals surface area contributed by atoms with Crippen LogP contribution in [0.3, 0.4) is 0 Å². The van der Waals surface area contributed by atoms with E-state index in [4.69, 9.17) is 4.74 Å². The molecule has 2 aromatic carbocycles. The maximum absolute atomic E-state index is 13.1. The minimum atomic E-state index is -0.680. The van der Waals surface area contributed by atoms with Gasteiger partial charge in [0.05, 0.1) is 5.56 Å². The van der Waals surface area contributed by atoms with Crippen LogP contribution in [0.2, 0.25) is 0 Å². The predicted molar refractivity (Wildman–Crippen MR) is 96.8 cm³/mol. The van der Waals surface area contributed by atoms with E-state index >= 15 is 0 Å². The van der Waals surface area contributed by atoms with Crippen LogP contribution < -0.4 is 0 Å². The Balaban J connectivity index is 1.93. The molecule has 0 aliphatic heterocycles. The largest absolute Gasteiger partial charge is 0.452 e. The number of amides is 1. The molecule has 0 unspecified atom stereocenters. The van der Waals surface area contributed by atoms with Gasteiger partial charge in [-0.15, -0.1) is 0 Å². The van der Waals surface area contributed by atoms with Gasteiger partial charge < -0.3 is 9.64 Å². The van der Waals surface area contributed by atoms with Crippen LogP contribution in [-0.4, -0.2) is 30.4 Å². The van der Waals surface area contributed by atoms with Crippen LogP contribution in [0.1, 0.15) is 27.0 Å². The number of benzene rings is 2. The Kier molecular flexibility index (Phi) is 6.31. The molecule has 4 nitrogen and oxygen atoms in total. The Morgan fingerprint density at radius 2 is 1.88 bits per heavy atom. The number of aryl methyl sites for hydroxylation is 2. The number of ether oxygens (including phenoxy) is 1. The van der Waals surface area contributed by atoms with E-state index in [0.717, 1.165) is 22.8 Å². The smallest absolute Gasteiger partial charge is 0.339 e. The summed E-state index contributed by atoms with van der Waals surface area (Å²) >= 11 is 3.11. The van der Waals surface area contributed by atoms with Crippen molar-refractivity contribution in [3.8, 4) is 0 Å². The summed E-state index contributed by atoms with van der Waals surface area (Å²) < 4.78 is 18.4. The summed E-state index contributed by atoms with van der Waals surface area (Å²) in [6.07, 6.45) is 0. The first-order valence-electron chi connectivity index (χ1n) is 7.70. The Bertz CT molecular complexity index is 807. The van der Waals surface area contributed by atoms with Crippen LogP contribution in [0.5, 0.6) is 0 Å². The molecule has 0 heterocycles. The third-order valence-corrected chi connectivity index (χ3v) is 4.47. The van der Waals surface area contributed by atoms with E-state index in [9.17, 15) is 14.0 Å². The molecule has 6 heteroatoms. The molecule has 0 aliphatic rings. The van der Waals surface area contributed by atoms with Gasteiger partial charge in [0.2, 0.25) is 0 Å². The lowest BCUT2D eigenvalue weighted by atomic mass is 10.1. The highest BCUT2D eigenvalue weighted by atomic mass is 79.9. The Morgan fingerprint density at radius 3 is 2.52 bits per heavy atom. The van der Waals surface area contributed by atoms with Gasteiger partial charge in [-0.05, 0) is 59.1 Å². The molecule has 2 aromatic rings. The summed E-state index contributed by atoms with van der Waals surface area (Å²) in [5.41, 5.74) is 3.47. The maximum atomic E-state index is 13.1. The number of likely N-dealkylation sites (N-methyl/N-ethyl adjacent to an activating group) is 1. The molecule has 25 heavy (non-hydrogen) atoms. The fourth-order valence-corrected chi connectivity index (χ4v) is 2.85. The van der Waals surface area contributed by atoms with Crippen molar-refractivity contribution in [1.82, 2.24) is 4.90 Å². The van der Waals surface area contributed by atoms with Gasteiger partial charge in [-0.25, -0.2) is 9.18 Å². The molecule has 0 aliphatic carbocycles. The Labute approximate surface area is 154 Å². The first-order valence-corrected chi connectivity index (χ1v) is 8.49. The van der Waals surface area contributed by atoms with Gasteiger partial charge >= 0.3 is 5.97 Å². The third kappa shape index (κ3) is 5.13. The molecular formula is C19H19BrFNO3. The average Bonchev–Trinajstić information content (AvgIpc) is 2.54. The summed E-state index contributed by atoms with van der Waals surface area (Å²) in [6.45, 7) is 4.07. The first kappa shape index (κ1) is 19.1. The van der Waals surface area contributed by atoms with Gasteiger partial charge in [0.1, 0.15) is 5.82 Å². The summed E-state index contributed by atoms with van der Waals surface area (Å²) in [7, 11) is 1.66. The molecule has 0 N–H and O–H groups in total. The quantitative estimate of drug-likeness (QED) is 0.703. The number of rotatable bonds is 5. The molecule has 2 rings (SSSR count). The fraction of sp³-hybridized carbons (Fsp3) is 0.263. The topological polar surface area (TPSA) is 46.6 Å². The van der Waals surface area contributed by atoms with Gasteiger partial charge in [-0.1, -0.05) is 23.8 Å². The summed E-state index contributed by atoms with van der Waals surface area (Å²) in [6, 6.07) is 9.67. The highest BCUT2D eigenvalue weighted by Crippen LogP contribution is 2.19. The van der Waals surface area contributed by atoms with E-state index in [0.29, 0.717) is 6.54 Å². The molecule has 1 amide bonds. The Morgan fingerprint density at radius 1 is 1.16 bits per heavy atom. The van der Waals surface area contributed by atoms with E-state index in [-0.39, 0.29) is 22.6 Å². The number of carbonyl (C=O) groups excluding carboxylic acids is 2. The molecule has 0 radical (unpaired) electrons. The SMILES string of the molecule is Cc1ccc(CN(C)C(=O)COC(=O)c2ccc(F)cc2Br)c(C)c1. The number of carbonyl (C=O) groups is 2. The molecule has 0 saturated heterocycles. The summed E-state index contributed by atoms with van der Waals surface area (Å²) in [5.74, 6) is -1.46. The van der Waals surface area contributed by atoms with Crippen molar-refractivity contribution in [1.29, 1.82) is 0 Å². The Hall–Kier alpha value is -2.21. The number of hydrogen-bond acceptors (Lipinski definition) is 3. The van der Waals surface area contributed by atoms with E-state index in [1.165, 1.54) is 17.0 Å². The average molecular weight is 408 g/mol. The van der Waals surface area contributed by atoms with Crippen molar-refractivity contribution in [2.45, 2.75) is 20.4 Å². The normalized spacial score (nSPS) is 10.4. The second-order valence-corrected chi connectivity index (χ2v) is 6.73. The van der Waals surface area contributed by atoms with Crippen LogP contribution >= 0.6 is 15.9 Å². The van der Waals surface area contributed by atoms with E-state index < -0.39 is 11.8 Å². The third-order valence-electron chi connectivity index (χ3n) is 3.81. The predicted octanol–water partition coefficient (Wildman–Crippen LogP) is 4.02. The molecule has 0 saturated carbocycles. The van der Waals surface area contributed by atoms with Gasteiger partial charge in [-0.3, -0.25) is 4.79 Å². The molecule has 0 aromatic heterocycles. The molecule has 0 fully saturated rings. The molecule has 0 atom stereocenters.